The average Bonchev–Trinajstić information content (AvgIpc) is 2.84. The van der Waals surface area contributed by atoms with E-state index in [-0.39, 0.29) is 18.3 Å². The van der Waals surface area contributed by atoms with E-state index in [1.807, 2.05) is 0 Å². The van der Waals surface area contributed by atoms with Crippen LogP contribution in [0.15, 0.2) is 12.1 Å². The first-order valence-electron chi connectivity index (χ1n) is 7.14. The van der Waals surface area contributed by atoms with Crippen molar-refractivity contribution < 1.29 is 4.79 Å². The number of anilines is 1. The number of halogens is 1. The van der Waals surface area contributed by atoms with Crippen LogP contribution >= 0.6 is 12.4 Å². The lowest BCUT2D eigenvalue weighted by Gasteiger charge is -2.13. The molecule has 1 amide bonds. The summed E-state index contributed by atoms with van der Waals surface area (Å²) in [5.41, 5.74) is 4.52. The summed E-state index contributed by atoms with van der Waals surface area (Å²) < 4.78 is 0. The van der Waals surface area contributed by atoms with E-state index in [0.29, 0.717) is 12.3 Å². The molecule has 1 saturated heterocycles. The lowest BCUT2D eigenvalue weighted by Crippen LogP contribution is -2.16. The summed E-state index contributed by atoms with van der Waals surface area (Å²) in [6, 6.07) is 4.23. The monoisotopic (exact) mass is 296 g/mol. The van der Waals surface area contributed by atoms with Gasteiger partial charge < -0.3 is 10.6 Å². The van der Waals surface area contributed by atoms with Crippen LogP contribution in [0.2, 0.25) is 0 Å². The zero-order valence-corrected chi connectivity index (χ0v) is 13.4. The molecule has 2 N–H and O–H groups in total. The van der Waals surface area contributed by atoms with Crippen LogP contribution in [0.5, 0.6) is 0 Å². The molecule has 0 saturated carbocycles. The highest BCUT2D eigenvalue weighted by Crippen LogP contribution is 2.22. The van der Waals surface area contributed by atoms with Crippen LogP contribution in [0, 0.1) is 26.7 Å². The molecule has 1 aliphatic heterocycles. The maximum Gasteiger partial charge on any atom is 0.224 e. The van der Waals surface area contributed by atoms with Crippen LogP contribution in [0.3, 0.4) is 0 Å². The van der Waals surface area contributed by atoms with Gasteiger partial charge in [0, 0.05) is 12.1 Å². The van der Waals surface area contributed by atoms with Crippen molar-refractivity contribution >= 4 is 24.0 Å². The fourth-order valence-electron chi connectivity index (χ4n) is 2.88. The molecule has 1 fully saturated rings. The van der Waals surface area contributed by atoms with Crippen molar-refractivity contribution in [3.63, 3.8) is 0 Å². The van der Waals surface area contributed by atoms with Gasteiger partial charge >= 0.3 is 0 Å². The molecule has 1 aliphatic rings. The summed E-state index contributed by atoms with van der Waals surface area (Å²) in [5, 5.41) is 6.41. The van der Waals surface area contributed by atoms with Crippen LogP contribution < -0.4 is 10.6 Å². The van der Waals surface area contributed by atoms with E-state index >= 15 is 0 Å². The Morgan fingerprint density at radius 1 is 1.30 bits per heavy atom. The summed E-state index contributed by atoms with van der Waals surface area (Å²) in [7, 11) is 0. The minimum atomic E-state index is 0. The Bertz CT molecular complexity index is 445. The fourth-order valence-corrected chi connectivity index (χ4v) is 2.88. The van der Waals surface area contributed by atoms with E-state index in [4.69, 9.17) is 0 Å². The van der Waals surface area contributed by atoms with Crippen LogP contribution in [0.25, 0.3) is 0 Å². The van der Waals surface area contributed by atoms with Crippen molar-refractivity contribution in [2.75, 3.05) is 18.4 Å². The minimum Gasteiger partial charge on any atom is -0.326 e. The molecule has 112 valence electrons. The van der Waals surface area contributed by atoms with Crippen molar-refractivity contribution in [3.8, 4) is 0 Å². The van der Waals surface area contributed by atoms with Gasteiger partial charge in [-0.2, -0.15) is 0 Å². The molecule has 0 aromatic heterocycles. The molecule has 20 heavy (non-hydrogen) atoms. The smallest absolute Gasteiger partial charge is 0.224 e. The number of carbonyl (C=O) groups is 1. The molecule has 1 heterocycles. The normalized spacial score (nSPS) is 17.6. The first-order valence-corrected chi connectivity index (χ1v) is 7.14. The van der Waals surface area contributed by atoms with Crippen LogP contribution in [0.4, 0.5) is 5.69 Å². The molecule has 4 heteroatoms. The summed E-state index contributed by atoms with van der Waals surface area (Å²) in [4.78, 5) is 12.0. The highest BCUT2D eigenvalue weighted by Gasteiger charge is 2.16. The highest BCUT2D eigenvalue weighted by molar-refractivity contribution is 5.92. The number of rotatable bonds is 4. The number of hydrogen-bond acceptors (Lipinski definition) is 2. The van der Waals surface area contributed by atoms with Gasteiger partial charge in [0.15, 0.2) is 0 Å². The van der Waals surface area contributed by atoms with E-state index in [1.165, 1.54) is 12.0 Å². The molecule has 0 bridgehead atoms. The standard InChI is InChI=1S/C16H24N2O.ClH/c1-11-8-12(2)16(13(3)9-11)18-15(19)5-4-14-6-7-17-10-14;/h8-9,14,17H,4-7,10H2,1-3H3,(H,18,19);1H. The third-order valence-electron chi connectivity index (χ3n) is 3.88. The molecule has 3 nitrogen and oxygen atoms in total. The lowest BCUT2D eigenvalue weighted by atomic mass is 10.0. The Morgan fingerprint density at radius 3 is 2.50 bits per heavy atom. The number of benzene rings is 1. The van der Waals surface area contributed by atoms with E-state index in [1.54, 1.807) is 0 Å². The molecule has 0 spiro atoms. The van der Waals surface area contributed by atoms with Crippen molar-refractivity contribution in [2.45, 2.75) is 40.0 Å². The second-order valence-corrected chi connectivity index (χ2v) is 5.72. The maximum absolute atomic E-state index is 12.0. The van der Waals surface area contributed by atoms with Gasteiger partial charge in [-0.3, -0.25) is 4.79 Å². The molecule has 2 rings (SSSR count). The quantitative estimate of drug-likeness (QED) is 0.894. The zero-order chi connectivity index (χ0) is 13.8. The van der Waals surface area contributed by atoms with Crippen molar-refractivity contribution in [1.29, 1.82) is 0 Å². The van der Waals surface area contributed by atoms with Gasteiger partial charge in [-0.25, -0.2) is 0 Å². The van der Waals surface area contributed by atoms with E-state index in [2.05, 4.69) is 43.5 Å². The number of amides is 1. The molecule has 1 atom stereocenters. The highest BCUT2D eigenvalue weighted by atomic mass is 35.5. The molecule has 0 aliphatic carbocycles. The van der Waals surface area contributed by atoms with Crippen molar-refractivity contribution in [3.05, 3.63) is 28.8 Å². The predicted octanol–water partition coefficient (Wildman–Crippen LogP) is 3.36. The Labute approximate surface area is 127 Å². The Morgan fingerprint density at radius 2 is 1.95 bits per heavy atom. The van der Waals surface area contributed by atoms with Gasteiger partial charge in [0.1, 0.15) is 0 Å². The summed E-state index contributed by atoms with van der Waals surface area (Å²) in [6.07, 6.45) is 2.82. The van der Waals surface area contributed by atoms with E-state index < -0.39 is 0 Å². The molecule has 1 unspecified atom stereocenters. The Balaban J connectivity index is 0.00000200. The summed E-state index contributed by atoms with van der Waals surface area (Å²) in [5.74, 6) is 0.813. The molecule has 1 aromatic carbocycles. The third-order valence-corrected chi connectivity index (χ3v) is 3.88. The van der Waals surface area contributed by atoms with Crippen molar-refractivity contribution in [2.24, 2.45) is 5.92 Å². The van der Waals surface area contributed by atoms with Crippen LogP contribution in [-0.4, -0.2) is 19.0 Å². The lowest BCUT2D eigenvalue weighted by molar-refractivity contribution is -0.116. The van der Waals surface area contributed by atoms with Gasteiger partial charge in [-0.05, 0) is 63.7 Å². The third kappa shape index (κ3) is 4.50. The first kappa shape index (κ1) is 17.0. The van der Waals surface area contributed by atoms with Gasteiger partial charge in [0.2, 0.25) is 5.91 Å². The van der Waals surface area contributed by atoms with Gasteiger partial charge in [0.25, 0.3) is 0 Å². The molecular weight excluding hydrogens is 272 g/mol. The number of carbonyl (C=O) groups excluding carboxylic acids is 1. The average molecular weight is 297 g/mol. The largest absolute Gasteiger partial charge is 0.326 e. The van der Waals surface area contributed by atoms with Gasteiger partial charge in [0.05, 0.1) is 0 Å². The summed E-state index contributed by atoms with van der Waals surface area (Å²) in [6.45, 7) is 8.35. The van der Waals surface area contributed by atoms with Crippen molar-refractivity contribution in [1.82, 2.24) is 5.32 Å². The van der Waals surface area contributed by atoms with Gasteiger partial charge in [-0.15, -0.1) is 12.4 Å². The summed E-state index contributed by atoms with van der Waals surface area (Å²) >= 11 is 0. The molecule has 1 aromatic rings. The van der Waals surface area contributed by atoms with Crippen LogP contribution in [0.1, 0.15) is 36.0 Å². The molecule has 0 radical (unpaired) electrons. The minimum absolute atomic E-state index is 0. The van der Waals surface area contributed by atoms with Gasteiger partial charge in [-0.1, -0.05) is 17.7 Å². The predicted molar refractivity (Wildman–Crippen MR) is 86.7 cm³/mol. The maximum atomic E-state index is 12.0. The Hall–Kier alpha value is -1.06. The van der Waals surface area contributed by atoms with E-state index in [9.17, 15) is 4.79 Å². The van der Waals surface area contributed by atoms with E-state index in [0.717, 1.165) is 36.3 Å². The number of aryl methyl sites for hydroxylation is 3. The number of hydrogen-bond donors (Lipinski definition) is 2. The topological polar surface area (TPSA) is 41.1 Å². The zero-order valence-electron chi connectivity index (χ0n) is 12.6. The first-order chi connectivity index (χ1) is 9.06. The molecular formula is C16H25ClN2O. The van der Waals surface area contributed by atoms with Crippen LogP contribution in [-0.2, 0) is 4.79 Å². The second kappa shape index (κ2) is 7.65. The number of nitrogens with one attached hydrogen (secondary N) is 2. The SMILES string of the molecule is Cc1cc(C)c(NC(=O)CCC2CCNC2)c(C)c1.Cl. The fraction of sp³-hybridized carbons (Fsp3) is 0.562. The second-order valence-electron chi connectivity index (χ2n) is 5.72. The Kier molecular flexibility index (Phi) is 6.50.